The fraction of sp³-hybridized carbons (Fsp3) is 0.219. The number of aryl methyl sites for hydroxylation is 3. The van der Waals surface area contributed by atoms with Crippen LogP contribution in [0.4, 0.5) is 11.4 Å². The quantitative estimate of drug-likeness (QED) is 0.278. The number of tetrazole rings is 1. The van der Waals surface area contributed by atoms with Gasteiger partial charge in [-0.1, -0.05) is 49.4 Å². The zero-order valence-electron chi connectivity index (χ0n) is 22.9. The van der Waals surface area contributed by atoms with E-state index in [0.29, 0.717) is 5.82 Å². The van der Waals surface area contributed by atoms with E-state index in [9.17, 15) is 0 Å². The van der Waals surface area contributed by atoms with Crippen LogP contribution in [0.15, 0.2) is 72.8 Å². The molecule has 0 aliphatic carbocycles. The van der Waals surface area contributed by atoms with Gasteiger partial charge in [0.2, 0.25) is 5.82 Å². The van der Waals surface area contributed by atoms with Gasteiger partial charge in [0.25, 0.3) is 0 Å². The summed E-state index contributed by atoms with van der Waals surface area (Å²) in [5.74, 6) is 1.64. The van der Waals surface area contributed by atoms with Crippen LogP contribution in [0.2, 0.25) is 0 Å². The highest BCUT2D eigenvalue weighted by molar-refractivity contribution is 5.85. The summed E-state index contributed by atoms with van der Waals surface area (Å²) in [4.78, 5) is 12.1. The minimum atomic E-state index is 0.585. The van der Waals surface area contributed by atoms with Gasteiger partial charge in [0.1, 0.15) is 11.3 Å². The molecule has 40 heavy (non-hydrogen) atoms. The van der Waals surface area contributed by atoms with Crippen LogP contribution in [-0.2, 0) is 19.4 Å². The highest BCUT2D eigenvalue weighted by atomic mass is 15.5. The van der Waals surface area contributed by atoms with Crippen LogP contribution in [0, 0.1) is 13.8 Å². The largest absolute Gasteiger partial charge is 0.341 e. The van der Waals surface area contributed by atoms with E-state index >= 15 is 0 Å². The van der Waals surface area contributed by atoms with Crippen molar-refractivity contribution < 1.29 is 0 Å². The molecule has 7 rings (SSSR count). The number of pyridine rings is 1. The Kier molecular flexibility index (Phi) is 5.88. The maximum atomic E-state index is 4.91. The molecular weight excluding hydrogens is 496 g/mol. The molecule has 6 aromatic rings. The van der Waals surface area contributed by atoms with E-state index in [1.165, 1.54) is 22.4 Å². The second-order valence-corrected chi connectivity index (χ2v) is 10.4. The molecule has 0 spiro atoms. The number of fused-ring (bicyclic) bond motifs is 2. The van der Waals surface area contributed by atoms with E-state index < -0.39 is 0 Å². The number of nitrogens with zero attached hydrogens (tertiary/aromatic N) is 7. The van der Waals surface area contributed by atoms with Gasteiger partial charge in [-0.05, 0) is 83.6 Å². The molecule has 8 heteroatoms. The monoisotopic (exact) mass is 526 g/mol. The van der Waals surface area contributed by atoms with Crippen molar-refractivity contribution in [2.45, 2.75) is 40.2 Å². The zero-order valence-corrected chi connectivity index (χ0v) is 22.9. The van der Waals surface area contributed by atoms with E-state index in [1.54, 1.807) is 0 Å². The maximum Gasteiger partial charge on any atom is 0.205 e. The average molecular weight is 527 g/mol. The number of aromatic nitrogens is 7. The molecule has 0 saturated heterocycles. The first-order valence-electron chi connectivity index (χ1n) is 13.7. The van der Waals surface area contributed by atoms with E-state index in [0.717, 1.165) is 71.0 Å². The highest BCUT2D eigenvalue weighted by Crippen LogP contribution is 2.39. The molecule has 0 bridgehead atoms. The molecule has 4 heterocycles. The van der Waals surface area contributed by atoms with Gasteiger partial charge in [0, 0.05) is 35.6 Å². The van der Waals surface area contributed by atoms with E-state index in [2.05, 4.69) is 117 Å². The van der Waals surface area contributed by atoms with Gasteiger partial charge < -0.3 is 9.47 Å². The Morgan fingerprint density at radius 3 is 2.55 bits per heavy atom. The Morgan fingerprint density at radius 1 is 0.900 bits per heavy atom. The molecule has 8 nitrogen and oxygen atoms in total. The number of hydrogen-bond donors (Lipinski definition) is 1. The molecule has 198 valence electrons. The first kappa shape index (κ1) is 24.2. The summed E-state index contributed by atoms with van der Waals surface area (Å²) in [7, 11) is 0. The number of nitrogens with one attached hydrogen (secondary N) is 1. The summed E-state index contributed by atoms with van der Waals surface area (Å²) < 4.78 is 2.25. The molecular formula is C32H30N8. The normalized spacial score (nSPS) is 12.8. The second-order valence-electron chi connectivity index (χ2n) is 10.4. The maximum absolute atomic E-state index is 4.91. The van der Waals surface area contributed by atoms with Crippen molar-refractivity contribution in [1.82, 2.24) is 35.2 Å². The van der Waals surface area contributed by atoms with Crippen molar-refractivity contribution in [3.8, 4) is 22.5 Å². The molecule has 0 unspecified atom stereocenters. The van der Waals surface area contributed by atoms with Gasteiger partial charge in [-0.25, -0.2) is 9.97 Å². The summed E-state index contributed by atoms with van der Waals surface area (Å²) in [5.41, 5.74) is 12.3. The van der Waals surface area contributed by atoms with Crippen LogP contribution < -0.4 is 4.90 Å². The number of rotatable bonds is 6. The van der Waals surface area contributed by atoms with Crippen molar-refractivity contribution in [3.05, 3.63) is 101 Å². The van der Waals surface area contributed by atoms with Crippen LogP contribution in [0.3, 0.4) is 0 Å². The Morgan fingerprint density at radius 2 is 1.75 bits per heavy atom. The van der Waals surface area contributed by atoms with Gasteiger partial charge >= 0.3 is 0 Å². The molecule has 1 N–H and O–H groups in total. The molecule has 0 radical (unpaired) electrons. The smallest absolute Gasteiger partial charge is 0.205 e. The fourth-order valence-corrected chi connectivity index (χ4v) is 5.87. The minimum Gasteiger partial charge on any atom is -0.341 e. The fourth-order valence-electron chi connectivity index (χ4n) is 5.87. The van der Waals surface area contributed by atoms with E-state index in [-0.39, 0.29) is 0 Å². The first-order valence-corrected chi connectivity index (χ1v) is 13.7. The molecule has 1 aliphatic rings. The molecule has 1 aliphatic heterocycles. The van der Waals surface area contributed by atoms with Crippen molar-refractivity contribution in [1.29, 1.82) is 0 Å². The number of benzene rings is 3. The topological polar surface area (TPSA) is 88.4 Å². The van der Waals surface area contributed by atoms with Crippen molar-refractivity contribution in [2.24, 2.45) is 0 Å². The third-order valence-electron chi connectivity index (χ3n) is 7.81. The third-order valence-corrected chi connectivity index (χ3v) is 7.81. The van der Waals surface area contributed by atoms with E-state index in [4.69, 9.17) is 9.97 Å². The van der Waals surface area contributed by atoms with Gasteiger partial charge in [0.15, 0.2) is 5.65 Å². The molecule has 3 aromatic heterocycles. The zero-order chi connectivity index (χ0) is 27.2. The summed E-state index contributed by atoms with van der Waals surface area (Å²) in [6.45, 7) is 7.98. The lowest BCUT2D eigenvalue weighted by atomic mass is 9.97. The van der Waals surface area contributed by atoms with Crippen molar-refractivity contribution >= 4 is 22.5 Å². The molecule has 0 saturated carbocycles. The number of anilines is 2. The summed E-state index contributed by atoms with van der Waals surface area (Å²) in [5, 5.41) is 15.0. The number of H-pyrrole nitrogens is 1. The Balaban J connectivity index is 1.26. The second kappa shape index (κ2) is 9.72. The van der Waals surface area contributed by atoms with Crippen LogP contribution in [0.1, 0.15) is 35.1 Å². The Labute approximate surface area is 232 Å². The number of para-hydroxylation sites is 1. The van der Waals surface area contributed by atoms with Gasteiger partial charge in [-0.2, -0.15) is 5.21 Å². The van der Waals surface area contributed by atoms with Crippen LogP contribution in [0.5, 0.6) is 0 Å². The SMILES string of the molecule is CCc1nc2c(C)cc(C)nc2n1Cc1ccc(-c2cc(N3CCc4ccccc43)ccc2-c2nn[nH]n2)cc1. The standard InChI is InChI=1S/C32H30N8/c1-4-29-34-30-20(2)17-21(3)33-32(30)40(29)19-22-9-11-23(12-10-22)27-18-25(13-14-26(27)31-35-37-38-36-31)39-16-15-24-7-5-6-8-28(24)39/h5-14,17-18H,4,15-16,19H2,1-3H3,(H,35,36,37,38). The van der Waals surface area contributed by atoms with Crippen LogP contribution in [-0.4, -0.2) is 41.7 Å². The Bertz CT molecular complexity index is 1830. The van der Waals surface area contributed by atoms with Crippen LogP contribution in [0.25, 0.3) is 33.7 Å². The Hall–Kier alpha value is -4.85. The van der Waals surface area contributed by atoms with Gasteiger partial charge in [-0.15, -0.1) is 10.2 Å². The molecule has 3 aromatic carbocycles. The lowest BCUT2D eigenvalue weighted by Gasteiger charge is -2.21. The minimum absolute atomic E-state index is 0.585. The molecule has 0 amide bonds. The average Bonchev–Trinajstić information content (AvgIpc) is 3.73. The lowest BCUT2D eigenvalue weighted by molar-refractivity contribution is 0.745. The van der Waals surface area contributed by atoms with Gasteiger partial charge in [-0.3, -0.25) is 0 Å². The highest BCUT2D eigenvalue weighted by Gasteiger charge is 2.22. The summed E-state index contributed by atoms with van der Waals surface area (Å²) in [6, 6.07) is 26.0. The van der Waals surface area contributed by atoms with Gasteiger partial charge in [0.05, 0.1) is 6.54 Å². The number of hydrogen-bond acceptors (Lipinski definition) is 6. The van der Waals surface area contributed by atoms with Crippen molar-refractivity contribution in [3.63, 3.8) is 0 Å². The lowest BCUT2D eigenvalue weighted by Crippen LogP contribution is -2.13. The summed E-state index contributed by atoms with van der Waals surface area (Å²) >= 11 is 0. The van der Waals surface area contributed by atoms with Crippen molar-refractivity contribution in [2.75, 3.05) is 11.4 Å². The molecule has 0 atom stereocenters. The predicted octanol–water partition coefficient (Wildman–Crippen LogP) is 6.20. The van der Waals surface area contributed by atoms with E-state index in [1.807, 2.05) is 6.92 Å². The number of imidazole rings is 1. The molecule has 0 fully saturated rings. The third kappa shape index (κ3) is 4.12. The first-order chi connectivity index (χ1) is 19.6. The van der Waals surface area contributed by atoms with Crippen LogP contribution >= 0.6 is 0 Å². The predicted molar refractivity (Wildman–Crippen MR) is 158 cm³/mol. The summed E-state index contributed by atoms with van der Waals surface area (Å²) in [6.07, 6.45) is 1.90. The number of aromatic amines is 1.